The highest BCUT2D eigenvalue weighted by atomic mass is 32.2. The Balaban J connectivity index is 1.61. The summed E-state index contributed by atoms with van der Waals surface area (Å²) in [6.07, 6.45) is 1.39. The first-order valence-corrected chi connectivity index (χ1v) is 11.9. The molecule has 0 spiro atoms. The maximum Gasteiger partial charge on any atom is 0.416 e. The number of nitrogens with one attached hydrogen (secondary N) is 1. The van der Waals surface area contributed by atoms with Gasteiger partial charge in [0, 0.05) is 19.1 Å². The summed E-state index contributed by atoms with van der Waals surface area (Å²) in [6.45, 7) is 2.62. The zero-order valence-corrected chi connectivity index (χ0v) is 18.0. The lowest BCUT2D eigenvalue weighted by atomic mass is 9.95. The molecule has 1 N–H and O–H groups in total. The fraction of sp³-hybridized carbons (Fsp3) is 0.667. The molecular formula is C21H29F3N2O3S. The molecule has 1 saturated heterocycles. The fourth-order valence-corrected chi connectivity index (χ4v) is 6.13. The van der Waals surface area contributed by atoms with Crippen LogP contribution in [-0.2, 0) is 20.8 Å². The third kappa shape index (κ3) is 5.17. The Morgan fingerprint density at radius 1 is 1.17 bits per heavy atom. The summed E-state index contributed by atoms with van der Waals surface area (Å²) in [5, 5.41) is 3.06. The first kappa shape index (κ1) is 23.1. The van der Waals surface area contributed by atoms with Crippen molar-refractivity contribution in [1.82, 2.24) is 10.2 Å². The van der Waals surface area contributed by atoms with E-state index in [1.165, 1.54) is 12.5 Å². The highest BCUT2D eigenvalue weighted by Crippen LogP contribution is 2.37. The molecule has 0 bridgehead atoms. The molecule has 1 saturated carbocycles. The quantitative estimate of drug-likeness (QED) is 0.748. The molecule has 0 aromatic heterocycles. The van der Waals surface area contributed by atoms with Crippen molar-refractivity contribution >= 4 is 15.7 Å². The molecule has 1 aromatic rings. The standard InChI is InChI=1S/C21H29F3N2O3S/c1-20(30(28,29)18-9-5-6-16(14-18)21(22,23)24)10-12-26(13-11-20)15-19(27)25-17-7-3-2-4-8-17/h5-6,9,14,17H,2-4,7-8,10-13,15H2,1H3,(H,25,27). The van der Waals surface area contributed by atoms with Gasteiger partial charge in [0.1, 0.15) is 0 Å². The average Bonchev–Trinajstić information content (AvgIpc) is 2.70. The Kier molecular flexibility index (Phi) is 6.81. The van der Waals surface area contributed by atoms with E-state index in [1.54, 1.807) is 6.92 Å². The van der Waals surface area contributed by atoms with Gasteiger partial charge in [-0.2, -0.15) is 13.2 Å². The Hall–Kier alpha value is -1.61. The number of sulfone groups is 1. The molecule has 2 aliphatic rings. The van der Waals surface area contributed by atoms with E-state index < -0.39 is 26.3 Å². The molecule has 3 rings (SSSR count). The third-order valence-corrected chi connectivity index (χ3v) is 8.95. The predicted octanol–water partition coefficient (Wildman–Crippen LogP) is 3.78. The summed E-state index contributed by atoms with van der Waals surface area (Å²) >= 11 is 0. The summed E-state index contributed by atoms with van der Waals surface area (Å²) in [5.41, 5.74) is -0.969. The maximum atomic E-state index is 13.1. The summed E-state index contributed by atoms with van der Waals surface area (Å²) in [6, 6.07) is 4.16. The van der Waals surface area contributed by atoms with Crippen LogP contribution in [0.15, 0.2) is 29.2 Å². The summed E-state index contributed by atoms with van der Waals surface area (Å²) in [4.78, 5) is 13.9. The number of likely N-dealkylation sites (tertiary alicyclic amines) is 1. The molecule has 1 heterocycles. The molecule has 168 valence electrons. The topological polar surface area (TPSA) is 66.5 Å². The van der Waals surface area contributed by atoms with Crippen molar-refractivity contribution in [2.45, 2.75) is 73.7 Å². The van der Waals surface area contributed by atoms with Crippen LogP contribution in [0.25, 0.3) is 0 Å². The molecule has 0 unspecified atom stereocenters. The molecule has 0 atom stereocenters. The van der Waals surface area contributed by atoms with E-state index in [4.69, 9.17) is 0 Å². The number of benzene rings is 1. The highest BCUT2D eigenvalue weighted by molar-refractivity contribution is 7.92. The number of hydrogen-bond donors (Lipinski definition) is 1. The van der Waals surface area contributed by atoms with Crippen LogP contribution >= 0.6 is 0 Å². The van der Waals surface area contributed by atoms with Crippen LogP contribution < -0.4 is 5.32 Å². The molecule has 1 aliphatic heterocycles. The molecule has 9 heteroatoms. The van der Waals surface area contributed by atoms with Crippen LogP contribution in [0.3, 0.4) is 0 Å². The summed E-state index contributed by atoms with van der Waals surface area (Å²) in [5.74, 6) is -0.0498. The molecule has 1 aromatic carbocycles. The molecule has 1 aliphatic carbocycles. The van der Waals surface area contributed by atoms with Crippen LogP contribution in [0.1, 0.15) is 57.4 Å². The molecule has 0 radical (unpaired) electrons. The zero-order valence-electron chi connectivity index (χ0n) is 17.2. The maximum absolute atomic E-state index is 13.1. The molecule has 30 heavy (non-hydrogen) atoms. The second-order valence-electron chi connectivity index (χ2n) is 8.66. The molecular weight excluding hydrogens is 417 g/mol. The Morgan fingerprint density at radius 3 is 2.40 bits per heavy atom. The third-order valence-electron chi connectivity index (χ3n) is 6.37. The van der Waals surface area contributed by atoms with Gasteiger partial charge in [-0.1, -0.05) is 25.3 Å². The second kappa shape index (κ2) is 8.86. The minimum atomic E-state index is -4.60. The van der Waals surface area contributed by atoms with E-state index in [1.807, 2.05) is 4.90 Å². The van der Waals surface area contributed by atoms with Gasteiger partial charge in [-0.15, -0.1) is 0 Å². The smallest absolute Gasteiger partial charge is 0.352 e. The van der Waals surface area contributed by atoms with E-state index in [0.717, 1.165) is 37.8 Å². The number of carbonyl (C=O) groups is 1. The van der Waals surface area contributed by atoms with E-state index in [-0.39, 0.29) is 36.2 Å². The van der Waals surface area contributed by atoms with Gasteiger partial charge < -0.3 is 5.32 Å². The first-order valence-electron chi connectivity index (χ1n) is 10.4. The number of nitrogens with zero attached hydrogens (tertiary/aromatic N) is 1. The van der Waals surface area contributed by atoms with Crippen molar-refractivity contribution in [3.63, 3.8) is 0 Å². The number of amides is 1. The van der Waals surface area contributed by atoms with Crippen LogP contribution in [0.4, 0.5) is 13.2 Å². The van der Waals surface area contributed by atoms with E-state index in [0.29, 0.717) is 19.2 Å². The minimum absolute atomic E-state index is 0.0498. The lowest BCUT2D eigenvalue weighted by molar-refractivity contribution is -0.137. The van der Waals surface area contributed by atoms with Crippen molar-refractivity contribution in [3.8, 4) is 0 Å². The van der Waals surface area contributed by atoms with Gasteiger partial charge in [0.15, 0.2) is 9.84 Å². The Bertz CT molecular complexity index is 856. The number of carbonyl (C=O) groups excluding carboxylic acids is 1. The van der Waals surface area contributed by atoms with Gasteiger partial charge in [0.2, 0.25) is 5.91 Å². The Morgan fingerprint density at radius 2 is 1.80 bits per heavy atom. The van der Waals surface area contributed by atoms with Crippen LogP contribution in [0, 0.1) is 0 Å². The van der Waals surface area contributed by atoms with Crippen LogP contribution in [0.5, 0.6) is 0 Å². The first-order chi connectivity index (χ1) is 14.0. The number of rotatable bonds is 5. The number of piperidine rings is 1. The second-order valence-corrected chi connectivity index (χ2v) is 11.1. The molecule has 1 amide bonds. The normalized spacial score (nSPS) is 21.3. The molecule has 5 nitrogen and oxygen atoms in total. The molecule has 2 fully saturated rings. The minimum Gasteiger partial charge on any atom is -0.352 e. The van der Waals surface area contributed by atoms with E-state index in [2.05, 4.69) is 5.32 Å². The van der Waals surface area contributed by atoms with Gasteiger partial charge >= 0.3 is 6.18 Å². The van der Waals surface area contributed by atoms with E-state index in [9.17, 15) is 26.4 Å². The number of alkyl halides is 3. The summed E-state index contributed by atoms with van der Waals surface area (Å²) < 4.78 is 64.1. The lowest BCUT2D eigenvalue weighted by Crippen LogP contribution is -2.50. The fourth-order valence-electron chi connectivity index (χ4n) is 4.30. The van der Waals surface area contributed by atoms with Crippen molar-refractivity contribution in [3.05, 3.63) is 29.8 Å². The zero-order chi connectivity index (χ0) is 22.0. The van der Waals surface area contributed by atoms with Gasteiger partial charge in [0.05, 0.1) is 21.8 Å². The van der Waals surface area contributed by atoms with Gasteiger partial charge in [-0.05, 0) is 50.8 Å². The monoisotopic (exact) mass is 446 g/mol. The van der Waals surface area contributed by atoms with Gasteiger partial charge in [-0.3, -0.25) is 9.69 Å². The number of halogens is 3. The van der Waals surface area contributed by atoms with Crippen molar-refractivity contribution in [2.75, 3.05) is 19.6 Å². The van der Waals surface area contributed by atoms with Crippen molar-refractivity contribution in [2.24, 2.45) is 0 Å². The summed E-state index contributed by atoms with van der Waals surface area (Å²) in [7, 11) is -3.95. The lowest BCUT2D eigenvalue weighted by Gasteiger charge is -2.38. The number of hydrogen-bond acceptors (Lipinski definition) is 4. The average molecular weight is 447 g/mol. The SMILES string of the molecule is CC1(S(=O)(=O)c2cccc(C(F)(F)F)c2)CCN(CC(=O)NC2CCCCC2)CC1. The van der Waals surface area contributed by atoms with Gasteiger partial charge in [0.25, 0.3) is 0 Å². The van der Waals surface area contributed by atoms with Crippen molar-refractivity contribution in [1.29, 1.82) is 0 Å². The highest BCUT2D eigenvalue weighted by Gasteiger charge is 2.43. The van der Waals surface area contributed by atoms with Gasteiger partial charge in [-0.25, -0.2) is 8.42 Å². The predicted molar refractivity (Wildman–Crippen MR) is 108 cm³/mol. The Labute approximate surface area is 175 Å². The van der Waals surface area contributed by atoms with Crippen LogP contribution in [-0.4, -0.2) is 49.6 Å². The largest absolute Gasteiger partial charge is 0.416 e. The van der Waals surface area contributed by atoms with E-state index >= 15 is 0 Å². The van der Waals surface area contributed by atoms with Crippen molar-refractivity contribution < 1.29 is 26.4 Å². The van der Waals surface area contributed by atoms with Crippen LogP contribution in [0.2, 0.25) is 0 Å².